The molecule has 0 radical (unpaired) electrons. The molecule has 3 aromatic carbocycles. The minimum Gasteiger partial charge on any atom is -1.00 e. The Hall–Kier alpha value is -1.80. The van der Waals surface area contributed by atoms with E-state index in [0.717, 1.165) is 0 Å². The van der Waals surface area contributed by atoms with Crippen LogP contribution in [0.25, 0.3) is 16.5 Å². The van der Waals surface area contributed by atoms with Crippen molar-refractivity contribution in [3.05, 3.63) is 88.2 Å². The molecule has 1 nitrogen and oxygen atoms in total. The molecule has 0 spiro atoms. The summed E-state index contributed by atoms with van der Waals surface area (Å²) in [7, 11) is 0. The van der Waals surface area contributed by atoms with Gasteiger partial charge in [0.2, 0.25) is 0 Å². The molecule has 1 heterocycles. The number of hydrogen-bond donors (Lipinski definition) is 0. The van der Waals surface area contributed by atoms with Crippen LogP contribution in [0.2, 0.25) is 0 Å². The molecule has 4 rings (SSSR count). The summed E-state index contributed by atoms with van der Waals surface area (Å²) in [5, 5.41) is 2.62. The summed E-state index contributed by atoms with van der Waals surface area (Å²) in [5.74, 6) is 0. The third-order valence-corrected chi connectivity index (χ3v) is 5.21. The molecule has 0 bridgehead atoms. The average molecular weight is 459 g/mol. The molecule has 0 atom stereocenters. The zero-order valence-electron chi connectivity index (χ0n) is 17.4. The van der Waals surface area contributed by atoms with Gasteiger partial charge in [-0.3, -0.25) is 0 Å². The molecule has 0 aliphatic rings. The first-order valence-corrected chi connectivity index (χ1v) is 8.88. The summed E-state index contributed by atoms with van der Waals surface area (Å²) in [5.41, 5.74) is 9.59. The SMILES string of the molecule is Cc1c[c-](C)c(C)c1C.Cc1cc(C)n(-c2cc3ccccc3[cH-]2)c1.[F-].[F-].[Zr+4]. The molecule has 146 valence electrons. The maximum atomic E-state index is 2.25. The molecule has 0 aliphatic carbocycles. The van der Waals surface area contributed by atoms with Crippen molar-refractivity contribution in [3.8, 4) is 5.69 Å². The first-order chi connectivity index (χ1) is 11.9. The van der Waals surface area contributed by atoms with Gasteiger partial charge in [0.25, 0.3) is 0 Å². The second-order valence-corrected chi connectivity index (χ2v) is 7.13. The Morgan fingerprint density at radius 1 is 0.929 bits per heavy atom. The molecule has 0 aliphatic heterocycles. The van der Waals surface area contributed by atoms with Gasteiger partial charge >= 0.3 is 26.2 Å². The van der Waals surface area contributed by atoms with Crippen LogP contribution in [0.3, 0.4) is 0 Å². The molecule has 28 heavy (non-hydrogen) atoms. The smallest absolute Gasteiger partial charge is 1.00 e. The second-order valence-electron chi connectivity index (χ2n) is 7.13. The number of halogens is 2. The van der Waals surface area contributed by atoms with Crippen molar-refractivity contribution in [1.82, 2.24) is 4.57 Å². The van der Waals surface area contributed by atoms with Gasteiger partial charge in [0.15, 0.2) is 0 Å². The molecular formula is C24H27F2NZr. The number of benzene rings is 1. The maximum absolute atomic E-state index is 2.25. The van der Waals surface area contributed by atoms with Crippen molar-refractivity contribution in [2.24, 2.45) is 0 Å². The third kappa shape index (κ3) is 5.38. The van der Waals surface area contributed by atoms with E-state index in [-0.39, 0.29) is 35.6 Å². The Morgan fingerprint density at radius 3 is 2.00 bits per heavy atom. The molecule has 4 aromatic rings. The van der Waals surface area contributed by atoms with E-state index in [9.17, 15) is 0 Å². The first kappa shape index (κ1) is 26.2. The van der Waals surface area contributed by atoms with Crippen molar-refractivity contribution < 1.29 is 35.6 Å². The van der Waals surface area contributed by atoms with Crippen molar-refractivity contribution in [3.63, 3.8) is 0 Å². The standard InChI is InChI=1S/C15H14N.C9H13.2FH.Zr/c1-11-7-12(2)16(10-11)15-8-13-5-3-4-6-14(13)9-15;1-6-5-7(2)9(4)8(6)3;;;/h3-10H,1-2H3;5H,1-4H3;2*1H;/q2*-1;;;+4/p-2. The molecule has 0 unspecified atom stereocenters. The number of aromatic nitrogens is 1. The minimum absolute atomic E-state index is 0. The number of fused-ring (bicyclic) bond motifs is 1. The normalized spacial score (nSPS) is 9.64. The van der Waals surface area contributed by atoms with Gasteiger partial charge in [0, 0.05) is 11.9 Å². The zero-order chi connectivity index (χ0) is 18.1. The summed E-state index contributed by atoms with van der Waals surface area (Å²) < 4.78 is 2.25. The van der Waals surface area contributed by atoms with Crippen LogP contribution in [0.4, 0.5) is 0 Å². The van der Waals surface area contributed by atoms with Gasteiger partial charge in [-0.25, -0.2) is 0 Å². The van der Waals surface area contributed by atoms with Crippen molar-refractivity contribution >= 4 is 10.8 Å². The van der Waals surface area contributed by atoms with E-state index in [1.54, 1.807) is 0 Å². The Morgan fingerprint density at radius 2 is 1.57 bits per heavy atom. The number of rotatable bonds is 1. The van der Waals surface area contributed by atoms with Gasteiger partial charge in [-0.05, 0) is 31.2 Å². The summed E-state index contributed by atoms with van der Waals surface area (Å²) >= 11 is 0. The van der Waals surface area contributed by atoms with Crippen LogP contribution < -0.4 is 9.41 Å². The number of nitrogens with zero attached hydrogens (tertiary/aromatic N) is 1. The van der Waals surface area contributed by atoms with Crippen LogP contribution in [0.5, 0.6) is 0 Å². The fourth-order valence-electron chi connectivity index (χ4n) is 3.43. The zero-order valence-corrected chi connectivity index (χ0v) is 19.9. The van der Waals surface area contributed by atoms with Gasteiger partial charge in [-0.2, -0.15) is 28.3 Å². The van der Waals surface area contributed by atoms with E-state index in [1.165, 1.54) is 50.0 Å². The van der Waals surface area contributed by atoms with E-state index in [1.807, 2.05) is 0 Å². The number of hydrogen-bond acceptors (Lipinski definition) is 0. The van der Waals surface area contributed by atoms with E-state index >= 15 is 0 Å². The van der Waals surface area contributed by atoms with Gasteiger partial charge in [0.05, 0.1) is 0 Å². The maximum Gasteiger partial charge on any atom is 4.00 e. The largest absolute Gasteiger partial charge is 4.00 e. The molecule has 4 heteroatoms. The monoisotopic (exact) mass is 457 g/mol. The van der Waals surface area contributed by atoms with Gasteiger partial charge in [-0.15, -0.1) is 41.1 Å². The molecule has 0 saturated heterocycles. The van der Waals surface area contributed by atoms with Crippen LogP contribution in [0.1, 0.15) is 33.5 Å². The van der Waals surface area contributed by atoms with Gasteiger partial charge < -0.3 is 14.0 Å². The van der Waals surface area contributed by atoms with Crippen molar-refractivity contribution in [1.29, 1.82) is 0 Å². The Labute approximate surface area is 186 Å². The third-order valence-electron chi connectivity index (χ3n) is 5.21. The minimum atomic E-state index is 0. The Bertz CT molecular complexity index is 965. The quantitative estimate of drug-likeness (QED) is 0.369. The molecular weight excluding hydrogens is 431 g/mol. The summed E-state index contributed by atoms with van der Waals surface area (Å²) in [6, 6.07) is 17.4. The summed E-state index contributed by atoms with van der Waals surface area (Å²) in [6.07, 6.45) is 2.18. The van der Waals surface area contributed by atoms with Crippen LogP contribution in [-0.4, -0.2) is 4.57 Å². The summed E-state index contributed by atoms with van der Waals surface area (Å²) in [4.78, 5) is 0. The summed E-state index contributed by atoms with van der Waals surface area (Å²) in [6.45, 7) is 13.0. The Kier molecular flexibility index (Phi) is 9.98. The van der Waals surface area contributed by atoms with Crippen molar-refractivity contribution in [2.75, 3.05) is 0 Å². The molecule has 0 amide bonds. The van der Waals surface area contributed by atoms with Crippen LogP contribution in [-0.2, 0) is 26.2 Å². The van der Waals surface area contributed by atoms with Crippen molar-refractivity contribution in [2.45, 2.75) is 41.5 Å². The molecule has 0 fully saturated rings. The van der Waals surface area contributed by atoms with E-state index in [0.29, 0.717) is 0 Å². The Balaban J connectivity index is 0.000000533. The van der Waals surface area contributed by atoms with Gasteiger partial charge in [0.1, 0.15) is 0 Å². The molecule has 1 aromatic heterocycles. The fraction of sp³-hybridized carbons (Fsp3) is 0.250. The topological polar surface area (TPSA) is 4.93 Å². The second kappa shape index (κ2) is 10.7. The predicted octanol–water partition coefficient (Wildman–Crippen LogP) is 0.611. The molecule has 0 N–H and O–H groups in total. The van der Waals surface area contributed by atoms with Gasteiger partial charge in [-0.1, -0.05) is 33.8 Å². The van der Waals surface area contributed by atoms with E-state index in [2.05, 4.69) is 101 Å². The van der Waals surface area contributed by atoms with E-state index < -0.39 is 0 Å². The van der Waals surface area contributed by atoms with E-state index in [4.69, 9.17) is 0 Å². The van der Waals surface area contributed by atoms with Crippen LogP contribution in [0.15, 0.2) is 54.7 Å². The average Bonchev–Trinajstić information content (AvgIpc) is 3.21. The van der Waals surface area contributed by atoms with Crippen LogP contribution >= 0.6 is 0 Å². The molecule has 0 saturated carbocycles. The fourth-order valence-corrected chi connectivity index (χ4v) is 3.43. The first-order valence-electron chi connectivity index (χ1n) is 8.88. The van der Waals surface area contributed by atoms with Crippen LogP contribution in [0, 0.1) is 41.5 Å². The predicted molar refractivity (Wildman–Crippen MR) is 109 cm³/mol. The number of aryl methyl sites for hydroxylation is 4.